The SMILES string of the molecule is C[C@@H](NC(=O)CCN)C(=O)OC1CCN(c2c(F)cc3c(=O)c(C(=O)O)cn4c3c2CC[C@@H]4C)CC1. The highest BCUT2D eigenvalue weighted by atomic mass is 19.1. The molecule has 1 saturated heterocycles. The number of anilines is 1. The Morgan fingerprint density at radius 3 is 2.61 bits per heavy atom. The Bertz CT molecular complexity index is 1270. The second kappa shape index (κ2) is 10.3. The number of nitrogens with two attached hydrogens (primary N) is 1. The maximum atomic E-state index is 15.4. The fraction of sp³-hybridized carbons (Fsp3) is 0.520. The van der Waals surface area contributed by atoms with Crippen LogP contribution < -0.4 is 21.4 Å². The van der Waals surface area contributed by atoms with Crippen LogP contribution in [0, 0.1) is 5.82 Å². The highest BCUT2D eigenvalue weighted by Crippen LogP contribution is 2.39. The Morgan fingerprint density at radius 2 is 1.97 bits per heavy atom. The lowest BCUT2D eigenvalue weighted by atomic mass is 9.93. The van der Waals surface area contributed by atoms with Gasteiger partial charge in [0.2, 0.25) is 11.3 Å². The third kappa shape index (κ3) is 4.79. The van der Waals surface area contributed by atoms with Crippen molar-refractivity contribution in [1.82, 2.24) is 9.88 Å². The first kappa shape index (κ1) is 25.6. The summed E-state index contributed by atoms with van der Waals surface area (Å²) in [6.45, 7) is 4.57. The van der Waals surface area contributed by atoms with E-state index in [9.17, 15) is 24.3 Å². The molecule has 4 N–H and O–H groups in total. The van der Waals surface area contributed by atoms with E-state index in [1.165, 1.54) is 6.20 Å². The summed E-state index contributed by atoms with van der Waals surface area (Å²) in [5.74, 6) is -2.75. The molecule has 0 radical (unpaired) electrons. The van der Waals surface area contributed by atoms with Gasteiger partial charge in [0.1, 0.15) is 23.5 Å². The molecule has 0 spiro atoms. The summed E-state index contributed by atoms with van der Waals surface area (Å²) in [6.07, 6.45) is 3.33. The maximum Gasteiger partial charge on any atom is 0.341 e. The van der Waals surface area contributed by atoms with E-state index >= 15 is 4.39 Å². The zero-order chi connectivity index (χ0) is 26.1. The average Bonchev–Trinajstić information content (AvgIpc) is 2.83. The van der Waals surface area contributed by atoms with E-state index in [0.717, 1.165) is 6.07 Å². The van der Waals surface area contributed by atoms with E-state index in [2.05, 4.69) is 5.32 Å². The number of aryl methyl sites for hydroxylation is 1. The van der Waals surface area contributed by atoms with E-state index < -0.39 is 29.2 Å². The van der Waals surface area contributed by atoms with Gasteiger partial charge in [0.05, 0.1) is 11.2 Å². The number of carbonyl (C=O) groups excluding carboxylic acids is 2. The highest BCUT2D eigenvalue weighted by Gasteiger charge is 2.31. The number of esters is 1. The first-order chi connectivity index (χ1) is 17.1. The molecule has 1 amide bonds. The number of hydrogen-bond donors (Lipinski definition) is 3. The molecule has 3 heterocycles. The molecule has 2 aliphatic rings. The minimum Gasteiger partial charge on any atom is -0.477 e. The minimum atomic E-state index is -1.33. The first-order valence-electron chi connectivity index (χ1n) is 12.2. The van der Waals surface area contributed by atoms with Crippen molar-refractivity contribution in [2.75, 3.05) is 24.5 Å². The zero-order valence-corrected chi connectivity index (χ0v) is 20.4. The Labute approximate surface area is 207 Å². The summed E-state index contributed by atoms with van der Waals surface area (Å²) < 4.78 is 22.8. The lowest BCUT2D eigenvalue weighted by Crippen LogP contribution is -2.44. The molecular weight excluding hydrogens is 471 g/mol. The Balaban J connectivity index is 1.55. The van der Waals surface area contributed by atoms with Crippen molar-refractivity contribution in [3.63, 3.8) is 0 Å². The highest BCUT2D eigenvalue weighted by molar-refractivity contribution is 5.95. The van der Waals surface area contributed by atoms with Gasteiger partial charge in [0, 0.05) is 62.1 Å². The van der Waals surface area contributed by atoms with Crippen molar-refractivity contribution in [1.29, 1.82) is 0 Å². The van der Waals surface area contributed by atoms with Crippen molar-refractivity contribution < 1.29 is 28.6 Å². The fourth-order valence-electron chi connectivity index (χ4n) is 5.10. The number of carboxylic acid groups (broad SMARTS) is 1. The van der Waals surface area contributed by atoms with Gasteiger partial charge < -0.3 is 30.4 Å². The normalized spacial score (nSPS) is 18.7. The lowest BCUT2D eigenvalue weighted by Gasteiger charge is -2.37. The van der Waals surface area contributed by atoms with Gasteiger partial charge in [-0.25, -0.2) is 14.0 Å². The third-order valence-electron chi connectivity index (χ3n) is 7.00. The molecule has 1 aromatic heterocycles. The molecule has 1 fully saturated rings. The van der Waals surface area contributed by atoms with Gasteiger partial charge in [-0.1, -0.05) is 0 Å². The van der Waals surface area contributed by atoms with Gasteiger partial charge in [-0.15, -0.1) is 0 Å². The van der Waals surface area contributed by atoms with Crippen molar-refractivity contribution in [2.24, 2.45) is 5.73 Å². The second-order valence-corrected chi connectivity index (χ2v) is 9.50. The van der Waals surface area contributed by atoms with E-state index in [4.69, 9.17) is 10.5 Å². The number of aromatic nitrogens is 1. The zero-order valence-electron chi connectivity index (χ0n) is 20.4. The number of halogens is 1. The number of benzene rings is 1. The Hall–Kier alpha value is -3.47. The molecule has 0 aliphatic carbocycles. The second-order valence-electron chi connectivity index (χ2n) is 9.50. The van der Waals surface area contributed by atoms with Gasteiger partial charge in [0.25, 0.3) is 0 Å². The molecular formula is C25H31FN4O6. The summed E-state index contributed by atoms with van der Waals surface area (Å²) >= 11 is 0. The van der Waals surface area contributed by atoms with Crippen LogP contribution in [0.1, 0.15) is 61.5 Å². The molecule has 4 rings (SSSR count). The van der Waals surface area contributed by atoms with Gasteiger partial charge in [-0.2, -0.15) is 0 Å². The van der Waals surface area contributed by atoms with Crippen LogP contribution >= 0.6 is 0 Å². The number of carboxylic acids is 1. The molecule has 36 heavy (non-hydrogen) atoms. The van der Waals surface area contributed by atoms with Crippen molar-refractivity contribution >= 4 is 34.4 Å². The lowest BCUT2D eigenvalue weighted by molar-refractivity contribution is -0.153. The van der Waals surface area contributed by atoms with E-state index in [0.29, 0.717) is 55.5 Å². The monoisotopic (exact) mass is 502 g/mol. The van der Waals surface area contributed by atoms with Crippen LogP contribution in [0.5, 0.6) is 0 Å². The van der Waals surface area contributed by atoms with Crippen LogP contribution in [0.2, 0.25) is 0 Å². The quantitative estimate of drug-likeness (QED) is 0.486. The van der Waals surface area contributed by atoms with Gasteiger partial charge >= 0.3 is 11.9 Å². The predicted molar refractivity (Wildman–Crippen MR) is 131 cm³/mol. The number of ether oxygens (including phenoxy) is 1. The van der Waals surface area contributed by atoms with Crippen LogP contribution in [0.3, 0.4) is 0 Å². The van der Waals surface area contributed by atoms with Crippen LogP contribution in [-0.2, 0) is 20.7 Å². The predicted octanol–water partition coefficient (Wildman–Crippen LogP) is 1.71. The van der Waals surface area contributed by atoms with Crippen LogP contribution in [-0.4, -0.2) is 59.3 Å². The number of pyridine rings is 1. The van der Waals surface area contributed by atoms with Gasteiger partial charge in [-0.05, 0) is 32.8 Å². The number of piperidine rings is 1. The number of carbonyl (C=O) groups is 3. The summed E-state index contributed by atoms with van der Waals surface area (Å²) in [5.41, 5.74) is 5.98. The molecule has 0 bridgehead atoms. The molecule has 194 valence electrons. The minimum absolute atomic E-state index is 0.0329. The molecule has 11 heteroatoms. The van der Waals surface area contributed by atoms with Gasteiger partial charge in [0.15, 0.2) is 0 Å². The number of hydrogen-bond acceptors (Lipinski definition) is 7. The van der Waals surface area contributed by atoms with Crippen molar-refractivity contribution in [3.8, 4) is 0 Å². The molecule has 0 saturated carbocycles. The number of rotatable bonds is 7. The summed E-state index contributed by atoms with van der Waals surface area (Å²) in [4.78, 5) is 50.3. The smallest absolute Gasteiger partial charge is 0.341 e. The van der Waals surface area contributed by atoms with Crippen LogP contribution in [0.4, 0.5) is 10.1 Å². The summed E-state index contributed by atoms with van der Waals surface area (Å²) in [5, 5.41) is 12.1. The third-order valence-corrected chi connectivity index (χ3v) is 7.00. The number of nitrogens with one attached hydrogen (secondary N) is 1. The van der Waals surface area contributed by atoms with E-state index in [1.807, 2.05) is 11.8 Å². The van der Waals surface area contributed by atoms with Crippen LogP contribution in [0.25, 0.3) is 10.9 Å². The maximum absolute atomic E-state index is 15.4. The van der Waals surface area contributed by atoms with E-state index in [-0.39, 0.29) is 42.0 Å². The first-order valence-corrected chi connectivity index (χ1v) is 12.2. The largest absolute Gasteiger partial charge is 0.477 e. The average molecular weight is 503 g/mol. The molecule has 0 unspecified atom stereocenters. The van der Waals surface area contributed by atoms with Gasteiger partial charge in [-0.3, -0.25) is 9.59 Å². The summed E-state index contributed by atoms with van der Waals surface area (Å²) in [7, 11) is 0. The molecule has 1 aromatic carbocycles. The molecule has 2 atom stereocenters. The van der Waals surface area contributed by atoms with Crippen LogP contribution in [0.15, 0.2) is 17.1 Å². The molecule has 2 aromatic rings. The number of aromatic carboxylic acids is 1. The topological polar surface area (TPSA) is 144 Å². The number of amides is 1. The standard InChI is InChI=1S/C25H31FN4O6/c1-13-3-4-16-21-17(23(32)18(24(33)34)12-30(13)21)11-19(26)22(16)29-9-6-15(7-10-29)36-25(35)14(2)28-20(31)5-8-27/h11-15H,3-10,27H2,1-2H3,(H,28,31)(H,33,34)/t13-,14+/m0/s1. The molecule has 10 nitrogen and oxygen atoms in total. The molecule has 2 aliphatic heterocycles. The Morgan fingerprint density at radius 1 is 1.28 bits per heavy atom. The summed E-state index contributed by atoms with van der Waals surface area (Å²) in [6, 6.07) is 0.323. The van der Waals surface area contributed by atoms with Crippen molar-refractivity contribution in [3.05, 3.63) is 39.4 Å². The Kier molecular flexibility index (Phi) is 7.30. The number of nitrogens with zero attached hydrogens (tertiary/aromatic N) is 2. The van der Waals surface area contributed by atoms with E-state index in [1.54, 1.807) is 11.5 Å². The fourth-order valence-corrected chi connectivity index (χ4v) is 5.10. The van der Waals surface area contributed by atoms with Crippen molar-refractivity contribution in [2.45, 2.75) is 64.1 Å².